The summed E-state index contributed by atoms with van der Waals surface area (Å²) in [6, 6.07) is 8.22. The quantitative estimate of drug-likeness (QED) is 0.557. The molecule has 3 N–H and O–H groups in total. The zero-order valence-electron chi connectivity index (χ0n) is 13.0. The number of amides is 1. The van der Waals surface area contributed by atoms with E-state index in [2.05, 4.69) is 21.4 Å². The zero-order chi connectivity index (χ0) is 15.5. The Hall–Kier alpha value is -1.92. The standard InChI is InChI=1S/C16H23N5O/c1-21(2)13-7-3-11(4-8-13)10-17-20-16(22)15-9-14(18-19-15)12-5-6-12/h3-4,7-8,10,12,14-15,18-19H,5-6,9H2,1-2H3,(H,20,22)/b17-10+. The number of carbonyl (C=O) groups excluding carboxylic acids is 1. The van der Waals surface area contributed by atoms with Crippen LogP contribution >= 0.6 is 0 Å². The Morgan fingerprint density at radius 3 is 2.64 bits per heavy atom. The predicted molar refractivity (Wildman–Crippen MR) is 87.7 cm³/mol. The van der Waals surface area contributed by atoms with E-state index in [9.17, 15) is 4.79 Å². The van der Waals surface area contributed by atoms with Crippen LogP contribution in [0.4, 0.5) is 5.69 Å². The molecule has 0 radical (unpaired) electrons. The van der Waals surface area contributed by atoms with Gasteiger partial charge in [0.1, 0.15) is 6.04 Å². The van der Waals surface area contributed by atoms with E-state index < -0.39 is 0 Å². The van der Waals surface area contributed by atoms with E-state index in [-0.39, 0.29) is 11.9 Å². The second-order valence-electron chi connectivity index (χ2n) is 6.24. The average molecular weight is 301 g/mol. The number of hydrogen-bond acceptors (Lipinski definition) is 5. The molecule has 1 saturated carbocycles. The molecule has 22 heavy (non-hydrogen) atoms. The van der Waals surface area contributed by atoms with Gasteiger partial charge in [-0.25, -0.2) is 10.9 Å². The van der Waals surface area contributed by atoms with Gasteiger partial charge in [-0.3, -0.25) is 10.2 Å². The molecule has 6 heteroatoms. The fourth-order valence-corrected chi connectivity index (χ4v) is 2.67. The molecule has 1 aromatic rings. The number of nitrogens with one attached hydrogen (secondary N) is 3. The van der Waals surface area contributed by atoms with Crippen LogP contribution in [0.1, 0.15) is 24.8 Å². The highest BCUT2D eigenvalue weighted by Crippen LogP contribution is 2.35. The van der Waals surface area contributed by atoms with Crippen molar-refractivity contribution < 1.29 is 4.79 Å². The Kier molecular flexibility index (Phi) is 4.40. The lowest BCUT2D eigenvalue weighted by Crippen LogP contribution is -2.42. The van der Waals surface area contributed by atoms with Crippen molar-refractivity contribution in [3.63, 3.8) is 0 Å². The summed E-state index contributed by atoms with van der Waals surface area (Å²) in [5.41, 5.74) is 11.0. The fraction of sp³-hybridized carbons (Fsp3) is 0.500. The molecule has 3 rings (SSSR count). The molecule has 2 fully saturated rings. The summed E-state index contributed by atoms with van der Waals surface area (Å²) < 4.78 is 0. The molecular formula is C16H23N5O. The maximum atomic E-state index is 12.0. The highest BCUT2D eigenvalue weighted by molar-refractivity contribution is 5.85. The van der Waals surface area contributed by atoms with Crippen molar-refractivity contribution >= 4 is 17.8 Å². The summed E-state index contributed by atoms with van der Waals surface area (Å²) in [5, 5.41) is 4.04. The first-order valence-corrected chi connectivity index (χ1v) is 7.75. The summed E-state index contributed by atoms with van der Waals surface area (Å²) >= 11 is 0. The van der Waals surface area contributed by atoms with Crippen LogP contribution in [0.25, 0.3) is 0 Å². The first-order chi connectivity index (χ1) is 10.6. The number of benzene rings is 1. The maximum absolute atomic E-state index is 12.0. The van der Waals surface area contributed by atoms with Crippen LogP contribution in [0.2, 0.25) is 0 Å². The number of hydrogen-bond donors (Lipinski definition) is 3. The van der Waals surface area contributed by atoms with Crippen LogP contribution in [0.5, 0.6) is 0 Å². The van der Waals surface area contributed by atoms with Crippen LogP contribution in [0.15, 0.2) is 29.4 Å². The van der Waals surface area contributed by atoms with E-state index in [4.69, 9.17) is 0 Å². The van der Waals surface area contributed by atoms with Crippen LogP contribution in [-0.2, 0) is 4.79 Å². The van der Waals surface area contributed by atoms with Gasteiger partial charge in [0.05, 0.1) is 6.21 Å². The normalized spacial score (nSPS) is 24.6. The lowest BCUT2D eigenvalue weighted by atomic mass is 10.1. The predicted octanol–water partition coefficient (Wildman–Crippen LogP) is 0.848. The van der Waals surface area contributed by atoms with Crippen LogP contribution in [0, 0.1) is 5.92 Å². The summed E-state index contributed by atoms with van der Waals surface area (Å²) in [5.74, 6) is 0.654. The maximum Gasteiger partial charge on any atom is 0.258 e. The lowest BCUT2D eigenvalue weighted by molar-refractivity contribution is -0.122. The highest BCUT2D eigenvalue weighted by atomic mass is 16.2. The molecule has 1 aromatic carbocycles. The smallest absolute Gasteiger partial charge is 0.258 e. The Bertz CT molecular complexity index is 550. The van der Waals surface area contributed by atoms with Crippen LogP contribution in [-0.4, -0.2) is 38.3 Å². The number of rotatable bonds is 5. The van der Waals surface area contributed by atoms with Crippen molar-refractivity contribution in [2.24, 2.45) is 11.0 Å². The minimum absolute atomic E-state index is 0.0863. The largest absolute Gasteiger partial charge is 0.378 e. The molecule has 1 aliphatic carbocycles. The number of carbonyl (C=O) groups is 1. The van der Waals surface area contributed by atoms with Crippen molar-refractivity contribution in [2.45, 2.75) is 31.3 Å². The van der Waals surface area contributed by atoms with Gasteiger partial charge in [-0.1, -0.05) is 12.1 Å². The third kappa shape index (κ3) is 3.64. The Balaban J connectivity index is 1.48. The Morgan fingerprint density at radius 1 is 1.27 bits per heavy atom. The van der Waals surface area contributed by atoms with Crippen molar-refractivity contribution in [1.82, 2.24) is 16.3 Å². The third-order valence-electron chi connectivity index (χ3n) is 4.24. The SMILES string of the molecule is CN(C)c1ccc(/C=N/NC(=O)C2CC(C3CC3)NN2)cc1. The van der Waals surface area contributed by atoms with Gasteiger partial charge in [0.15, 0.2) is 0 Å². The molecule has 0 bridgehead atoms. The summed E-state index contributed by atoms with van der Waals surface area (Å²) in [7, 11) is 4.00. The van der Waals surface area contributed by atoms with Gasteiger partial charge in [0, 0.05) is 25.8 Å². The fourth-order valence-electron chi connectivity index (χ4n) is 2.67. The molecule has 1 aliphatic heterocycles. The summed E-state index contributed by atoms with van der Waals surface area (Å²) in [6.45, 7) is 0. The monoisotopic (exact) mass is 301 g/mol. The number of anilines is 1. The lowest BCUT2D eigenvalue weighted by Gasteiger charge is -2.11. The van der Waals surface area contributed by atoms with Gasteiger partial charge in [0.2, 0.25) is 0 Å². The second kappa shape index (κ2) is 6.46. The minimum Gasteiger partial charge on any atom is -0.378 e. The number of hydrazone groups is 1. The molecule has 118 valence electrons. The van der Waals surface area contributed by atoms with E-state index in [1.165, 1.54) is 12.8 Å². The van der Waals surface area contributed by atoms with Gasteiger partial charge in [-0.15, -0.1) is 0 Å². The molecule has 2 unspecified atom stereocenters. The van der Waals surface area contributed by atoms with E-state index >= 15 is 0 Å². The second-order valence-corrected chi connectivity index (χ2v) is 6.24. The van der Waals surface area contributed by atoms with E-state index in [1.807, 2.05) is 43.3 Å². The first kappa shape index (κ1) is 15.0. The molecular weight excluding hydrogens is 278 g/mol. The van der Waals surface area contributed by atoms with Crippen molar-refractivity contribution in [2.75, 3.05) is 19.0 Å². The van der Waals surface area contributed by atoms with Crippen LogP contribution < -0.4 is 21.2 Å². The molecule has 2 aliphatic rings. The minimum atomic E-state index is -0.195. The first-order valence-electron chi connectivity index (χ1n) is 7.75. The Labute approximate surface area is 130 Å². The van der Waals surface area contributed by atoms with Crippen LogP contribution in [0.3, 0.4) is 0 Å². The average Bonchev–Trinajstić information content (AvgIpc) is 3.25. The van der Waals surface area contributed by atoms with Gasteiger partial charge in [-0.05, 0) is 42.9 Å². The third-order valence-corrected chi connectivity index (χ3v) is 4.24. The van der Waals surface area contributed by atoms with Gasteiger partial charge in [0.25, 0.3) is 5.91 Å². The van der Waals surface area contributed by atoms with E-state index in [0.717, 1.165) is 23.6 Å². The molecule has 2 atom stereocenters. The molecule has 1 heterocycles. The summed E-state index contributed by atoms with van der Waals surface area (Å²) in [4.78, 5) is 14.1. The number of nitrogens with zero attached hydrogens (tertiary/aromatic N) is 2. The van der Waals surface area contributed by atoms with Gasteiger partial charge >= 0.3 is 0 Å². The van der Waals surface area contributed by atoms with Gasteiger partial charge in [-0.2, -0.15) is 5.10 Å². The molecule has 1 amide bonds. The van der Waals surface area contributed by atoms with E-state index in [1.54, 1.807) is 6.21 Å². The van der Waals surface area contributed by atoms with Gasteiger partial charge < -0.3 is 4.90 Å². The van der Waals surface area contributed by atoms with Crippen molar-refractivity contribution in [3.8, 4) is 0 Å². The topological polar surface area (TPSA) is 68.8 Å². The Morgan fingerprint density at radius 2 is 2.00 bits per heavy atom. The van der Waals surface area contributed by atoms with Crippen molar-refractivity contribution in [3.05, 3.63) is 29.8 Å². The number of hydrazine groups is 1. The molecule has 6 nitrogen and oxygen atoms in total. The highest BCUT2D eigenvalue weighted by Gasteiger charge is 2.38. The summed E-state index contributed by atoms with van der Waals surface area (Å²) in [6.07, 6.45) is 5.05. The molecule has 1 saturated heterocycles. The molecule has 0 spiro atoms. The van der Waals surface area contributed by atoms with E-state index in [0.29, 0.717) is 6.04 Å². The van der Waals surface area contributed by atoms with Crippen molar-refractivity contribution in [1.29, 1.82) is 0 Å². The zero-order valence-corrected chi connectivity index (χ0v) is 13.0. The molecule has 0 aromatic heterocycles.